The predicted molar refractivity (Wildman–Crippen MR) is 140 cm³/mol. The monoisotopic (exact) mass is 484 g/mol. The fourth-order valence-corrected chi connectivity index (χ4v) is 3.57. The number of anilines is 2. The number of aromatic nitrogens is 2. The summed E-state index contributed by atoms with van der Waals surface area (Å²) in [6.45, 7) is 2.72. The molecule has 1 aromatic heterocycles. The van der Waals surface area contributed by atoms with E-state index < -0.39 is 0 Å². The third-order valence-electron chi connectivity index (χ3n) is 5.48. The SMILES string of the molecule is CCCCOc1ccccc1-c1cc(C(=O)Nc2ccc(OC)c(NC(=O)c3ccccc3)c2)[nH]n1. The largest absolute Gasteiger partial charge is 0.495 e. The molecule has 8 nitrogen and oxygen atoms in total. The number of rotatable bonds is 10. The molecule has 1 heterocycles. The molecular weight excluding hydrogens is 456 g/mol. The Morgan fingerprint density at radius 1 is 0.889 bits per heavy atom. The van der Waals surface area contributed by atoms with Gasteiger partial charge in [0.1, 0.15) is 17.2 Å². The number of amides is 2. The number of benzene rings is 3. The van der Waals surface area contributed by atoms with E-state index in [4.69, 9.17) is 9.47 Å². The number of carbonyl (C=O) groups excluding carboxylic acids is 2. The summed E-state index contributed by atoms with van der Waals surface area (Å²) in [5, 5.41) is 12.8. The third-order valence-corrected chi connectivity index (χ3v) is 5.48. The number of nitrogens with zero attached hydrogens (tertiary/aromatic N) is 1. The molecule has 0 unspecified atom stereocenters. The molecule has 2 amide bonds. The van der Waals surface area contributed by atoms with E-state index >= 15 is 0 Å². The summed E-state index contributed by atoms with van der Waals surface area (Å²) in [4.78, 5) is 25.5. The van der Waals surface area contributed by atoms with E-state index in [1.807, 2.05) is 30.3 Å². The molecule has 0 saturated heterocycles. The van der Waals surface area contributed by atoms with Crippen LogP contribution in [0.4, 0.5) is 11.4 Å². The van der Waals surface area contributed by atoms with Crippen LogP contribution in [0.3, 0.4) is 0 Å². The van der Waals surface area contributed by atoms with E-state index in [9.17, 15) is 9.59 Å². The molecule has 3 N–H and O–H groups in total. The van der Waals surface area contributed by atoms with Crippen molar-refractivity contribution in [1.82, 2.24) is 10.2 Å². The fraction of sp³-hybridized carbons (Fsp3) is 0.179. The van der Waals surface area contributed by atoms with Gasteiger partial charge in [0.15, 0.2) is 0 Å². The zero-order valence-electron chi connectivity index (χ0n) is 20.2. The van der Waals surface area contributed by atoms with Crippen LogP contribution in [0.2, 0.25) is 0 Å². The number of nitrogens with one attached hydrogen (secondary N) is 3. The minimum absolute atomic E-state index is 0.282. The molecular formula is C28H28N4O4. The van der Waals surface area contributed by atoms with Gasteiger partial charge in [0.05, 0.1) is 25.1 Å². The van der Waals surface area contributed by atoms with Crippen LogP contribution in [-0.2, 0) is 0 Å². The number of aromatic amines is 1. The molecule has 184 valence electrons. The van der Waals surface area contributed by atoms with Crippen molar-refractivity contribution < 1.29 is 19.1 Å². The number of para-hydroxylation sites is 1. The van der Waals surface area contributed by atoms with Gasteiger partial charge in [0, 0.05) is 16.8 Å². The number of H-pyrrole nitrogens is 1. The van der Waals surface area contributed by atoms with Crippen molar-refractivity contribution in [2.75, 3.05) is 24.4 Å². The topological polar surface area (TPSA) is 105 Å². The average Bonchev–Trinajstić information content (AvgIpc) is 3.40. The van der Waals surface area contributed by atoms with Gasteiger partial charge < -0.3 is 20.1 Å². The van der Waals surface area contributed by atoms with Crippen molar-refractivity contribution in [2.45, 2.75) is 19.8 Å². The van der Waals surface area contributed by atoms with Crippen LogP contribution >= 0.6 is 0 Å². The van der Waals surface area contributed by atoms with Crippen LogP contribution in [-0.4, -0.2) is 35.7 Å². The van der Waals surface area contributed by atoms with Gasteiger partial charge in [-0.25, -0.2) is 0 Å². The zero-order chi connectivity index (χ0) is 25.3. The highest BCUT2D eigenvalue weighted by molar-refractivity contribution is 6.06. The second kappa shape index (κ2) is 11.7. The molecule has 36 heavy (non-hydrogen) atoms. The van der Waals surface area contributed by atoms with E-state index in [1.165, 1.54) is 7.11 Å². The first-order chi connectivity index (χ1) is 17.6. The van der Waals surface area contributed by atoms with Crippen LogP contribution in [0.1, 0.15) is 40.6 Å². The molecule has 0 atom stereocenters. The van der Waals surface area contributed by atoms with E-state index in [0.717, 1.165) is 24.2 Å². The Balaban J connectivity index is 1.49. The van der Waals surface area contributed by atoms with E-state index in [0.29, 0.717) is 40.7 Å². The first-order valence-corrected chi connectivity index (χ1v) is 11.7. The van der Waals surface area contributed by atoms with Crippen molar-refractivity contribution in [2.24, 2.45) is 0 Å². The summed E-state index contributed by atoms with van der Waals surface area (Å²) >= 11 is 0. The summed E-state index contributed by atoms with van der Waals surface area (Å²) < 4.78 is 11.3. The maximum absolute atomic E-state index is 12.9. The summed E-state index contributed by atoms with van der Waals surface area (Å²) in [6, 6.07) is 23.2. The van der Waals surface area contributed by atoms with Crippen LogP contribution in [0.25, 0.3) is 11.3 Å². The minimum Gasteiger partial charge on any atom is -0.495 e. The van der Waals surface area contributed by atoms with E-state index in [-0.39, 0.29) is 11.8 Å². The van der Waals surface area contributed by atoms with Gasteiger partial charge in [-0.05, 0) is 55.0 Å². The van der Waals surface area contributed by atoms with E-state index in [1.54, 1.807) is 48.5 Å². The highest BCUT2D eigenvalue weighted by Gasteiger charge is 2.16. The standard InChI is InChI=1S/C28H28N4O4/c1-3-4-16-36-25-13-9-8-12-21(25)22-18-24(32-31-22)28(34)29-20-14-15-26(35-2)23(17-20)30-27(33)19-10-6-5-7-11-19/h5-15,17-18H,3-4,16H2,1-2H3,(H,29,34)(H,30,33)(H,31,32). The number of carbonyl (C=O) groups is 2. The molecule has 0 aliphatic heterocycles. The highest BCUT2D eigenvalue weighted by atomic mass is 16.5. The van der Waals surface area contributed by atoms with Gasteiger partial charge >= 0.3 is 0 Å². The second-order valence-corrected chi connectivity index (χ2v) is 8.05. The molecule has 0 fully saturated rings. The summed E-state index contributed by atoms with van der Waals surface area (Å²) in [5.41, 5.74) is 3.14. The molecule has 0 aliphatic carbocycles. The average molecular weight is 485 g/mol. The highest BCUT2D eigenvalue weighted by Crippen LogP contribution is 2.30. The van der Waals surface area contributed by atoms with Gasteiger partial charge in [0.2, 0.25) is 0 Å². The van der Waals surface area contributed by atoms with Gasteiger partial charge in [-0.3, -0.25) is 14.7 Å². The van der Waals surface area contributed by atoms with Crippen molar-refractivity contribution >= 4 is 23.2 Å². The normalized spacial score (nSPS) is 10.5. The van der Waals surface area contributed by atoms with Crippen LogP contribution in [0.15, 0.2) is 78.9 Å². The van der Waals surface area contributed by atoms with Crippen molar-refractivity contribution in [1.29, 1.82) is 0 Å². The Hall–Kier alpha value is -4.59. The lowest BCUT2D eigenvalue weighted by molar-refractivity contribution is 0.101. The quantitative estimate of drug-likeness (QED) is 0.248. The molecule has 0 saturated carbocycles. The Morgan fingerprint density at radius 3 is 2.44 bits per heavy atom. The van der Waals surface area contributed by atoms with Crippen LogP contribution in [0.5, 0.6) is 11.5 Å². The van der Waals surface area contributed by atoms with E-state index in [2.05, 4.69) is 27.8 Å². The summed E-state index contributed by atoms with van der Waals surface area (Å²) in [5.74, 6) is 0.540. The number of hydrogen-bond acceptors (Lipinski definition) is 5. The van der Waals surface area contributed by atoms with Gasteiger partial charge in [-0.2, -0.15) is 5.10 Å². The fourth-order valence-electron chi connectivity index (χ4n) is 3.57. The second-order valence-electron chi connectivity index (χ2n) is 8.05. The Labute approximate surface area is 209 Å². The number of unbranched alkanes of at least 4 members (excludes halogenated alkanes) is 1. The summed E-state index contributed by atoms with van der Waals surface area (Å²) in [7, 11) is 1.52. The Kier molecular flexibility index (Phi) is 7.97. The maximum atomic E-state index is 12.9. The minimum atomic E-state index is -0.372. The molecule has 8 heteroatoms. The Morgan fingerprint density at radius 2 is 1.67 bits per heavy atom. The van der Waals surface area contributed by atoms with Gasteiger partial charge in [0.25, 0.3) is 11.8 Å². The van der Waals surface area contributed by atoms with Crippen molar-refractivity contribution in [3.05, 3.63) is 90.1 Å². The molecule has 0 radical (unpaired) electrons. The predicted octanol–water partition coefficient (Wildman–Crippen LogP) is 5.77. The summed E-state index contributed by atoms with van der Waals surface area (Å²) in [6.07, 6.45) is 2.00. The molecule has 4 aromatic rings. The maximum Gasteiger partial charge on any atom is 0.273 e. The lowest BCUT2D eigenvalue weighted by Gasteiger charge is -2.12. The zero-order valence-corrected chi connectivity index (χ0v) is 20.2. The Bertz CT molecular complexity index is 1330. The van der Waals surface area contributed by atoms with Crippen LogP contribution in [0, 0.1) is 0 Å². The third kappa shape index (κ3) is 5.90. The van der Waals surface area contributed by atoms with Crippen molar-refractivity contribution in [3.63, 3.8) is 0 Å². The lowest BCUT2D eigenvalue weighted by Crippen LogP contribution is -2.15. The molecule has 0 aliphatic rings. The molecule has 4 rings (SSSR count). The number of hydrogen-bond donors (Lipinski definition) is 3. The number of ether oxygens (including phenoxy) is 2. The molecule has 0 spiro atoms. The van der Waals surface area contributed by atoms with Gasteiger partial charge in [-0.1, -0.05) is 43.7 Å². The first kappa shape index (κ1) is 24.5. The number of methoxy groups -OCH3 is 1. The molecule has 0 bridgehead atoms. The smallest absolute Gasteiger partial charge is 0.273 e. The van der Waals surface area contributed by atoms with Crippen molar-refractivity contribution in [3.8, 4) is 22.8 Å². The van der Waals surface area contributed by atoms with Gasteiger partial charge in [-0.15, -0.1) is 0 Å². The lowest BCUT2D eigenvalue weighted by atomic mass is 10.1. The first-order valence-electron chi connectivity index (χ1n) is 11.7. The molecule has 3 aromatic carbocycles. The van der Waals surface area contributed by atoms with Crippen LogP contribution < -0.4 is 20.1 Å².